The van der Waals surface area contributed by atoms with Crippen molar-refractivity contribution in [1.82, 2.24) is 9.78 Å². The van der Waals surface area contributed by atoms with Gasteiger partial charge in [-0.1, -0.05) is 35.3 Å². The minimum absolute atomic E-state index is 0.0383. The van der Waals surface area contributed by atoms with Gasteiger partial charge in [0.1, 0.15) is 0 Å². The molecule has 2 nitrogen and oxygen atoms in total. The van der Waals surface area contributed by atoms with Crippen molar-refractivity contribution in [3.63, 3.8) is 0 Å². The van der Waals surface area contributed by atoms with Gasteiger partial charge in [0, 0.05) is 22.0 Å². The summed E-state index contributed by atoms with van der Waals surface area (Å²) in [5.41, 5.74) is 2.19. The summed E-state index contributed by atoms with van der Waals surface area (Å²) in [4.78, 5) is 0. The highest BCUT2D eigenvalue weighted by Crippen LogP contribution is 2.42. The predicted molar refractivity (Wildman–Crippen MR) is 84.7 cm³/mol. The summed E-state index contributed by atoms with van der Waals surface area (Å²) in [7, 11) is 0. The Kier molecular flexibility index (Phi) is 4.00. The summed E-state index contributed by atoms with van der Waals surface area (Å²) in [6, 6.07) is 5.15. The molecule has 1 aliphatic carbocycles. The molecule has 0 N–H and O–H groups in total. The number of aromatic nitrogens is 2. The van der Waals surface area contributed by atoms with E-state index in [0.717, 1.165) is 11.1 Å². The molecule has 0 bridgehead atoms. The lowest BCUT2D eigenvalue weighted by molar-refractivity contribution is 0.0532. The second kappa shape index (κ2) is 5.67. The first-order chi connectivity index (χ1) is 10.4. The Balaban J connectivity index is 2.03. The number of hydrogen-bond donors (Lipinski definition) is 0. The molecule has 0 saturated heterocycles. The van der Waals surface area contributed by atoms with Gasteiger partial charge in [0.25, 0.3) is 5.92 Å². The van der Waals surface area contributed by atoms with Crippen LogP contribution in [0.5, 0.6) is 0 Å². The average molecular weight is 343 g/mol. The van der Waals surface area contributed by atoms with Crippen molar-refractivity contribution < 1.29 is 8.78 Å². The third-order valence-electron chi connectivity index (χ3n) is 3.90. The second-order valence-corrected chi connectivity index (χ2v) is 6.16. The Morgan fingerprint density at radius 1 is 1.36 bits per heavy atom. The van der Waals surface area contributed by atoms with E-state index in [1.54, 1.807) is 36.0 Å². The Morgan fingerprint density at radius 2 is 2.14 bits per heavy atom. The zero-order valence-electron chi connectivity index (χ0n) is 11.9. The van der Waals surface area contributed by atoms with Gasteiger partial charge in [-0.3, -0.25) is 4.68 Å². The minimum Gasteiger partial charge on any atom is -0.260 e. The minimum atomic E-state index is -2.82. The van der Waals surface area contributed by atoms with E-state index in [9.17, 15) is 8.78 Å². The fourth-order valence-electron chi connectivity index (χ4n) is 2.80. The summed E-state index contributed by atoms with van der Waals surface area (Å²) < 4.78 is 29.8. The number of nitrogens with zero attached hydrogens (tertiary/aromatic N) is 2. The number of hydrogen-bond acceptors (Lipinski definition) is 1. The number of allylic oxidation sites excluding steroid dienone is 2. The van der Waals surface area contributed by atoms with Crippen molar-refractivity contribution in [1.29, 1.82) is 0 Å². The number of aryl methyl sites for hydroxylation is 1. The lowest BCUT2D eigenvalue weighted by Crippen LogP contribution is -2.26. The molecular weight excluding hydrogens is 329 g/mol. The lowest BCUT2D eigenvalue weighted by atomic mass is 9.89. The quantitative estimate of drug-likeness (QED) is 0.731. The molecule has 0 radical (unpaired) electrons. The Labute approximate surface area is 137 Å². The Hall–Kier alpha value is -1.39. The molecule has 1 aliphatic rings. The fourth-order valence-corrected chi connectivity index (χ4v) is 3.27. The third-order valence-corrected chi connectivity index (χ3v) is 4.48. The average Bonchev–Trinajstić information content (AvgIpc) is 2.84. The van der Waals surface area contributed by atoms with Crippen LogP contribution in [0.25, 0.3) is 5.57 Å². The van der Waals surface area contributed by atoms with Crippen molar-refractivity contribution in [2.75, 3.05) is 0 Å². The standard InChI is InChI=1S/C16H14Cl2F2N2/c1-2-13-15-10(5-6-16(13,19)20)8-21-22(15)9-11-3-4-12(17)7-14(11)18/h2-4,7-8H,5-6,9H2,1H3/b13-2-. The van der Waals surface area contributed by atoms with Crippen LogP contribution in [0.1, 0.15) is 30.2 Å². The normalized spacial score (nSPS) is 18.5. The van der Waals surface area contributed by atoms with Crippen LogP contribution in [0.3, 0.4) is 0 Å². The number of halogens is 4. The van der Waals surface area contributed by atoms with Gasteiger partial charge in [-0.05, 0) is 36.6 Å². The van der Waals surface area contributed by atoms with Crippen LogP contribution >= 0.6 is 23.2 Å². The molecule has 0 atom stereocenters. The molecule has 1 aromatic heterocycles. The van der Waals surface area contributed by atoms with Crippen molar-refractivity contribution >= 4 is 28.8 Å². The highest BCUT2D eigenvalue weighted by Gasteiger charge is 2.41. The molecule has 2 aromatic rings. The first-order valence-corrected chi connectivity index (χ1v) is 7.71. The summed E-state index contributed by atoms with van der Waals surface area (Å²) in [5, 5.41) is 5.31. The van der Waals surface area contributed by atoms with E-state index < -0.39 is 5.92 Å². The van der Waals surface area contributed by atoms with E-state index in [2.05, 4.69) is 5.10 Å². The van der Waals surface area contributed by atoms with Crippen LogP contribution in [0, 0.1) is 0 Å². The zero-order chi connectivity index (χ0) is 15.9. The van der Waals surface area contributed by atoms with E-state index >= 15 is 0 Å². The van der Waals surface area contributed by atoms with Gasteiger partial charge in [-0.15, -0.1) is 0 Å². The molecule has 116 valence electrons. The fraction of sp³-hybridized carbons (Fsp3) is 0.312. The molecule has 1 aromatic carbocycles. The van der Waals surface area contributed by atoms with Gasteiger partial charge < -0.3 is 0 Å². The predicted octanol–water partition coefficient (Wildman–Crippen LogP) is 5.22. The van der Waals surface area contributed by atoms with Gasteiger partial charge >= 0.3 is 0 Å². The SMILES string of the molecule is C/C=C1/c2c(cnn2Cc2ccc(Cl)cc2Cl)CCC1(F)F. The molecule has 0 amide bonds. The summed E-state index contributed by atoms with van der Waals surface area (Å²) in [5.74, 6) is -2.82. The molecule has 1 heterocycles. The largest absolute Gasteiger partial charge is 0.275 e. The molecular formula is C16H14Cl2F2N2. The number of fused-ring (bicyclic) bond motifs is 1. The molecule has 0 spiro atoms. The zero-order valence-corrected chi connectivity index (χ0v) is 13.4. The molecule has 22 heavy (non-hydrogen) atoms. The van der Waals surface area contributed by atoms with Crippen LogP contribution in [-0.4, -0.2) is 15.7 Å². The van der Waals surface area contributed by atoms with Crippen LogP contribution in [0.2, 0.25) is 10.0 Å². The van der Waals surface area contributed by atoms with E-state index in [-0.39, 0.29) is 12.0 Å². The molecule has 3 rings (SSSR count). The second-order valence-electron chi connectivity index (χ2n) is 5.32. The monoisotopic (exact) mass is 342 g/mol. The molecule has 0 unspecified atom stereocenters. The van der Waals surface area contributed by atoms with Crippen molar-refractivity contribution in [2.24, 2.45) is 0 Å². The number of benzene rings is 1. The van der Waals surface area contributed by atoms with E-state index in [1.807, 2.05) is 0 Å². The highest BCUT2D eigenvalue weighted by molar-refractivity contribution is 6.35. The maximum atomic E-state index is 14.1. The molecule has 0 saturated carbocycles. The number of alkyl halides is 2. The third kappa shape index (κ3) is 2.66. The van der Waals surface area contributed by atoms with Crippen LogP contribution in [0.15, 0.2) is 30.5 Å². The summed E-state index contributed by atoms with van der Waals surface area (Å²) >= 11 is 12.0. The van der Waals surface area contributed by atoms with E-state index in [1.165, 1.54) is 6.08 Å². The van der Waals surface area contributed by atoms with Crippen LogP contribution < -0.4 is 0 Å². The topological polar surface area (TPSA) is 17.8 Å². The van der Waals surface area contributed by atoms with Crippen LogP contribution in [-0.2, 0) is 13.0 Å². The maximum Gasteiger partial charge on any atom is 0.275 e. The maximum absolute atomic E-state index is 14.1. The first kappa shape index (κ1) is 15.5. The summed E-state index contributed by atoms with van der Waals surface area (Å²) in [6.07, 6.45) is 3.29. The van der Waals surface area contributed by atoms with Gasteiger partial charge in [0.05, 0.1) is 18.4 Å². The van der Waals surface area contributed by atoms with Gasteiger partial charge in [0.2, 0.25) is 0 Å². The van der Waals surface area contributed by atoms with E-state index in [0.29, 0.717) is 28.7 Å². The van der Waals surface area contributed by atoms with Gasteiger partial charge in [-0.2, -0.15) is 5.10 Å². The Bertz CT molecular complexity index is 751. The van der Waals surface area contributed by atoms with Gasteiger partial charge in [-0.25, -0.2) is 8.78 Å². The number of rotatable bonds is 2. The highest BCUT2D eigenvalue weighted by atomic mass is 35.5. The first-order valence-electron chi connectivity index (χ1n) is 6.96. The lowest BCUT2D eigenvalue weighted by Gasteiger charge is -2.26. The van der Waals surface area contributed by atoms with Crippen LogP contribution in [0.4, 0.5) is 8.78 Å². The molecule has 0 fully saturated rings. The summed E-state index contributed by atoms with van der Waals surface area (Å²) in [6.45, 7) is 1.96. The van der Waals surface area contributed by atoms with Crippen molar-refractivity contribution in [2.45, 2.75) is 32.2 Å². The molecule has 6 heteroatoms. The van der Waals surface area contributed by atoms with Crippen molar-refractivity contribution in [3.05, 3.63) is 57.3 Å². The Morgan fingerprint density at radius 3 is 2.82 bits per heavy atom. The molecule has 0 aliphatic heterocycles. The van der Waals surface area contributed by atoms with E-state index in [4.69, 9.17) is 23.2 Å². The van der Waals surface area contributed by atoms with Gasteiger partial charge in [0.15, 0.2) is 0 Å². The van der Waals surface area contributed by atoms with Crippen molar-refractivity contribution in [3.8, 4) is 0 Å². The smallest absolute Gasteiger partial charge is 0.260 e.